The number of anilines is 1. The minimum atomic E-state index is -0.886. The number of ether oxygens (including phenoxy) is 1. The van der Waals surface area contributed by atoms with Crippen LogP contribution in [-0.2, 0) is 11.2 Å². The maximum Gasteiger partial charge on any atom is 0.289 e. The third-order valence-corrected chi connectivity index (χ3v) is 6.47. The van der Waals surface area contributed by atoms with Gasteiger partial charge in [-0.2, -0.15) is 0 Å². The van der Waals surface area contributed by atoms with Crippen LogP contribution in [-0.4, -0.2) is 56.9 Å². The van der Waals surface area contributed by atoms with Gasteiger partial charge in [-0.3, -0.25) is 9.59 Å². The molecule has 2 aromatic heterocycles. The van der Waals surface area contributed by atoms with Crippen molar-refractivity contribution < 1.29 is 18.7 Å². The first kappa shape index (κ1) is 22.1. The summed E-state index contributed by atoms with van der Waals surface area (Å²) in [5, 5.41) is 18.8. The van der Waals surface area contributed by atoms with Gasteiger partial charge < -0.3 is 24.4 Å². The Morgan fingerprint density at radius 1 is 1.18 bits per heavy atom. The van der Waals surface area contributed by atoms with Crippen LogP contribution in [0.4, 0.5) is 5.69 Å². The normalized spacial score (nSPS) is 18.5. The molecule has 178 valence electrons. The third kappa shape index (κ3) is 4.25. The van der Waals surface area contributed by atoms with Gasteiger partial charge in [-0.25, -0.2) is 0 Å². The Bertz CT molecular complexity index is 1230. The lowest BCUT2D eigenvalue weighted by atomic mass is 10.0. The molecular formula is C23H27N7O4. The molecule has 2 aliphatic rings. The summed E-state index contributed by atoms with van der Waals surface area (Å²) in [6, 6.07) is 2.72. The number of benzene rings is 1. The number of rotatable bonds is 5. The lowest BCUT2D eigenvalue weighted by molar-refractivity contribution is -0.120. The van der Waals surface area contributed by atoms with Crippen molar-refractivity contribution in [2.45, 2.75) is 52.0 Å². The number of carbonyl (C=O) groups excluding carboxylic acids is 2. The molecule has 1 aliphatic carbocycles. The number of hydrogen-bond acceptors (Lipinski definition) is 8. The number of likely N-dealkylation sites (N-methyl/N-ethyl adjacent to an activating group) is 1. The second-order valence-electron chi connectivity index (χ2n) is 8.97. The van der Waals surface area contributed by atoms with E-state index < -0.39 is 11.9 Å². The second-order valence-corrected chi connectivity index (χ2v) is 8.97. The number of hydrogen-bond donors (Lipinski definition) is 2. The second kappa shape index (κ2) is 8.88. The van der Waals surface area contributed by atoms with Crippen LogP contribution in [0.25, 0.3) is 11.5 Å². The molecule has 1 aliphatic heterocycles. The molecule has 5 rings (SSSR count). The van der Waals surface area contributed by atoms with Gasteiger partial charge in [0.2, 0.25) is 17.6 Å². The molecule has 0 saturated heterocycles. The van der Waals surface area contributed by atoms with Crippen molar-refractivity contribution in [1.29, 1.82) is 0 Å². The van der Waals surface area contributed by atoms with E-state index in [0.717, 1.165) is 12.0 Å². The minimum Gasteiger partial charge on any atom is -0.489 e. The Kier molecular flexibility index (Phi) is 5.76. The lowest BCUT2D eigenvalue weighted by Gasteiger charge is -2.20. The van der Waals surface area contributed by atoms with Gasteiger partial charge >= 0.3 is 0 Å². The number of aryl methyl sites for hydroxylation is 2. The van der Waals surface area contributed by atoms with E-state index in [-0.39, 0.29) is 18.3 Å². The van der Waals surface area contributed by atoms with Crippen molar-refractivity contribution in [2.75, 3.05) is 18.6 Å². The number of aromatic nitrogens is 5. The van der Waals surface area contributed by atoms with Gasteiger partial charge in [0.25, 0.3) is 11.8 Å². The van der Waals surface area contributed by atoms with Gasteiger partial charge in [0.15, 0.2) is 0 Å². The van der Waals surface area contributed by atoms with Crippen LogP contribution in [0.15, 0.2) is 16.5 Å². The van der Waals surface area contributed by atoms with E-state index in [2.05, 4.69) is 30.7 Å². The smallest absolute Gasteiger partial charge is 0.289 e. The Morgan fingerprint density at radius 2 is 1.97 bits per heavy atom. The van der Waals surface area contributed by atoms with Gasteiger partial charge in [0.05, 0.1) is 5.69 Å². The molecule has 1 aromatic carbocycles. The molecule has 11 heteroatoms. The van der Waals surface area contributed by atoms with Gasteiger partial charge in [0.1, 0.15) is 24.2 Å². The largest absolute Gasteiger partial charge is 0.489 e. The lowest BCUT2D eigenvalue weighted by Crippen LogP contribution is -2.49. The highest BCUT2D eigenvalue weighted by atomic mass is 16.5. The van der Waals surface area contributed by atoms with Gasteiger partial charge in [-0.15, -0.1) is 20.4 Å². The van der Waals surface area contributed by atoms with Crippen molar-refractivity contribution in [3.63, 3.8) is 0 Å². The van der Waals surface area contributed by atoms with Crippen LogP contribution in [0.1, 0.15) is 53.6 Å². The SMILES string of the molecule is Cc1nnc(-c2cc3c(cc2C)OCC(NC(=O)c2nnc(CC4CCCC4)[nH]2)C(=O)N3C)o1. The van der Waals surface area contributed by atoms with Crippen LogP contribution < -0.4 is 15.0 Å². The monoisotopic (exact) mass is 465 g/mol. The fraction of sp³-hybridized carbons (Fsp3) is 0.478. The van der Waals surface area contributed by atoms with Gasteiger partial charge in [0, 0.05) is 26.0 Å². The van der Waals surface area contributed by atoms with E-state index in [1.807, 2.05) is 13.0 Å². The highest BCUT2D eigenvalue weighted by molar-refractivity contribution is 6.02. The molecule has 1 unspecified atom stereocenters. The van der Waals surface area contributed by atoms with Gasteiger partial charge in [-0.1, -0.05) is 25.7 Å². The molecule has 1 fully saturated rings. The molecule has 0 radical (unpaired) electrons. The van der Waals surface area contributed by atoms with Crippen molar-refractivity contribution in [3.05, 3.63) is 35.2 Å². The fourth-order valence-corrected chi connectivity index (χ4v) is 4.59. The third-order valence-electron chi connectivity index (χ3n) is 6.47. The average Bonchev–Trinajstić information content (AvgIpc) is 3.57. The number of nitrogens with one attached hydrogen (secondary N) is 2. The number of H-pyrrole nitrogens is 1. The van der Waals surface area contributed by atoms with E-state index in [0.29, 0.717) is 40.5 Å². The molecule has 1 saturated carbocycles. The predicted octanol–water partition coefficient (Wildman–Crippen LogP) is 2.36. The summed E-state index contributed by atoms with van der Waals surface area (Å²) in [7, 11) is 1.64. The Hall–Kier alpha value is -3.76. The summed E-state index contributed by atoms with van der Waals surface area (Å²) >= 11 is 0. The molecular weight excluding hydrogens is 438 g/mol. The minimum absolute atomic E-state index is 0.0105. The molecule has 2 amide bonds. The summed E-state index contributed by atoms with van der Waals surface area (Å²) in [5.41, 5.74) is 2.13. The Morgan fingerprint density at radius 3 is 2.71 bits per heavy atom. The summed E-state index contributed by atoms with van der Waals surface area (Å²) in [5.74, 6) is 1.91. The molecule has 3 aromatic rings. The molecule has 0 bridgehead atoms. The summed E-state index contributed by atoms with van der Waals surface area (Å²) in [4.78, 5) is 30.4. The summed E-state index contributed by atoms with van der Waals surface area (Å²) in [6.07, 6.45) is 5.61. The van der Waals surface area contributed by atoms with Crippen LogP contribution in [0.3, 0.4) is 0 Å². The highest BCUT2D eigenvalue weighted by Crippen LogP contribution is 2.37. The molecule has 3 heterocycles. The Balaban J connectivity index is 1.31. The molecule has 0 spiro atoms. The zero-order valence-corrected chi connectivity index (χ0v) is 19.4. The zero-order chi connectivity index (χ0) is 23.8. The molecule has 1 atom stereocenters. The summed E-state index contributed by atoms with van der Waals surface area (Å²) < 4.78 is 11.5. The highest BCUT2D eigenvalue weighted by Gasteiger charge is 2.32. The molecule has 34 heavy (non-hydrogen) atoms. The fourth-order valence-electron chi connectivity index (χ4n) is 4.59. The average molecular weight is 466 g/mol. The topological polar surface area (TPSA) is 139 Å². The number of aromatic amines is 1. The van der Waals surface area contributed by atoms with Crippen molar-refractivity contribution in [2.24, 2.45) is 5.92 Å². The standard InChI is InChI=1S/C23H27N7O4/c1-12-8-18-17(10-15(12)22-29-26-13(2)34-22)30(3)23(32)16(11-33-18)24-21(31)20-25-19(27-28-20)9-14-6-4-5-7-14/h8,10,14,16H,4-7,9,11H2,1-3H3,(H,24,31)(H,25,27,28). The van der Waals surface area contributed by atoms with Crippen molar-refractivity contribution in [1.82, 2.24) is 30.7 Å². The van der Waals surface area contributed by atoms with Crippen molar-refractivity contribution in [3.8, 4) is 17.2 Å². The molecule has 11 nitrogen and oxygen atoms in total. The molecule has 2 N–H and O–H groups in total. The Labute approximate surface area is 196 Å². The van der Waals surface area contributed by atoms with Crippen molar-refractivity contribution >= 4 is 17.5 Å². The summed E-state index contributed by atoms with van der Waals surface area (Å²) in [6.45, 7) is 3.61. The van der Waals surface area contributed by atoms with Crippen LogP contribution in [0.2, 0.25) is 0 Å². The first-order valence-corrected chi connectivity index (χ1v) is 11.5. The van der Waals surface area contributed by atoms with E-state index in [4.69, 9.17) is 9.15 Å². The predicted molar refractivity (Wildman–Crippen MR) is 121 cm³/mol. The quantitative estimate of drug-likeness (QED) is 0.585. The van der Waals surface area contributed by atoms with E-state index in [9.17, 15) is 9.59 Å². The van der Waals surface area contributed by atoms with E-state index in [1.54, 1.807) is 20.0 Å². The number of fused-ring (bicyclic) bond motifs is 1. The first-order valence-electron chi connectivity index (χ1n) is 11.5. The van der Waals surface area contributed by atoms with Crippen LogP contribution in [0, 0.1) is 19.8 Å². The number of carbonyl (C=O) groups is 2. The number of nitrogens with zero attached hydrogens (tertiary/aromatic N) is 5. The van der Waals surface area contributed by atoms with Crippen LogP contribution >= 0.6 is 0 Å². The van der Waals surface area contributed by atoms with E-state index >= 15 is 0 Å². The van der Waals surface area contributed by atoms with Crippen LogP contribution in [0.5, 0.6) is 5.75 Å². The maximum atomic E-state index is 13.2. The first-order chi connectivity index (χ1) is 16.4. The maximum absolute atomic E-state index is 13.2. The zero-order valence-electron chi connectivity index (χ0n) is 19.4. The van der Waals surface area contributed by atoms with E-state index in [1.165, 1.54) is 30.6 Å². The van der Waals surface area contributed by atoms with Gasteiger partial charge in [-0.05, 0) is 30.5 Å². The number of amides is 2.